The number of allylic oxidation sites excluding steroid dienone is 2. The van der Waals surface area contributed by atoms with Crippen LogP contribution >= 0.6 is 0 Å². The maximum absolute atomic E-state index is 13.1. The number of carbonyl (C=O) groups is 1. The maximum Gasteiger partial charge on any atom is 0.435 e. The number of aryl methyl sites for hydroxylation is 1. The van der Waals surface area contributed by atoms with Crippen LogP contribution in [0.1, 0.15) is 54.2 Å². The predicted molar refractivity (Wildman–Crippen MR) is 93.7 cm³/mol. The lowest BCUT2D eigenvalue weighted by atomic mass is 9.98. The van der Waals surface area contributed by atoms with Gasteiger partial charge < -0.3 is 5.32 Å². The Labute approximate surface area is 149 Å². The Kier molecular flexibility index (Phi) is 4.89. The van der Waals surface area contributed by atoms with Gasteiger partial charge in [-0.25, -0.2) is 0 Å². The lowest BCUT2D eigenvalue weighted by molar-refractivity contribution is -0.141. The van der Waals surface area contributed by atoms with Crippen LogP contribution in [0.5, 0.6) is 0 Å². The second-order valence-corrected chi connectivity index (χ2v) is 6.50. The molecule has 0 aliphatic heterocycles. The van der Waals surface area contributed by atoms with Crippen molar-refractivity contribution >= 4 is 17.2 Å². The van der Waals surface area contributed by atoms with Crippen LogP contribution < -0.4 is 5.32 Å². The summed E-state index contributed by atoms with van der Waals surface area (Å²) < 4.78 is 40.3. The molecule has 0 radical (unpaired) electrons. The number of anilines is 1. The molecule has 3 rings (SSSR count). The van der Waals surface area contributed by atoms with E-state index in [0.717, 1.165) is 47.7 Å². The number of carbonyl (C=O) groups excluding carboxylic acids is 1. The number of hydrogen-bond acceptors (Lipinski definition) is 2. The minimum absolute atomic E-state index is 0.485. The number of nitrogens with zero attached hydrogens (tertiary/aromatic N) is 2. The first-order chi connectivity index (χ1) is 12.3. The van der Waals surface area contributed by atoms with E-state index >= 15 is 0 Å². The molecule has 1 fully saturated rings. The van der Waals surface area contributed by atoms with Crippen LogP contribution in [-0.4, -0.2) is 15.7 Å². The van der Waals surface area contributed by atoms with E-state index in [1.54, 1.807) is 12.1 Å². The van der Waals surface area contributed by atoms with Crippen molar-refractivity contribution in [2.45, 2.75) is 38.8 Å². The predicted octanol–water partition coefficient (Wildman–Crippen LogP) is 5.04. The first-order valence-electron chi connectivity index (χ1n) is 8.47. The van der Waals surface area contributed by atoms with Crippen molar-refractivity contribution in [1.29, 1.82) is 0 Å². The van der Waals surface area contributed by atoms with Gasteiger partial charge in [-0.05, 0) is 44.2 Å². The van der Waals surface area contributed by atoms with E-state index in [0.29, 0.717) is 5.69 Å². The Morgan fingerprint density at radius 1 is 1.15 bits per heavy atom. The molecule has 1 aliphatic rings. The molecule has 1 aliphatic carbocycles. The molecule has 1 aromatic carbocycles. The Morgan fingerprint density at radius 2 is 1.81 bits per heavy atom. The average Bonchev–Trinajstić information content (AvgIpc) is 3.23. The molecule has 0 atom stereocenters. The van der Waals surface area contributed by atoms with E-state index in [2.05, 4.69) is 10.4 Å². The van der Waals surface area contributed by atoms with Gasteiger partial charge in [-0.3, -0.25) is 9.48 Å². The van der Waals surface area contributed by atoms with Gasteiger partial charge in [0.2, 0.25) is 0 Å². The van der Waals surface area contributed by atoms with Crippen LogP contribution in [0.4, 0.5) is 18.9 Å². The Hall–Kier alpha value is -2.57. The molecule has 0 unspecified atom stereocenters. The fraction of sp³-hybridized carbons (Fsp3) is 0.368. The fourth-order valence-electron chi connectivity index (χ4n) is 3.34. The minimum Gasteiger partial charge on any atom is -0.321 e. The van der Waals surface area contributed by atoms with E-state index in [1.807, 2.05) is 19.1 Å². The standard InChI is InChI=1S/C19H20F3N3O/c1-12(13-7-3-4-8-13)14-9-5-6-10-16(14)23-18(26)15-11-25(2)24-17(15)19(20,21)22/h5-6,9-11H,3-4,7-8H2,1-2H3,(H,23,26). The number of halogens is 3. The number of alkyl halides is 3. The number of nitrogens with one attached hydrogen (secondary N) is 1. The topological polar surface area (TPSA) is 46.9 Å². The molecule has 26 heavy (non-hydrogen) atoms. The lowest BCUT2D eigenvalue weighted by Crippen LogP contribution is -2.18. The Balaban J connectivity index is 1.94. The van der Waals surface area contributed by atoms with Gasteiger partial charge in [0.15, 0.2) is 5.69 Å². The summed E-state index contributed by atoms with van der Waals surface area (Å²) in [5, 5.41) is 6.02. The summed E-state index contributed by atoms with van der Waals surface area (Å²) in [4.78, 5) is 12.5. The summed E-state index contributed by atoms with van der Waals surface area (Å²) in [7, 11) is 1.36. The molecule has 1 amide bonds. The molecule has 1 heterocycles. The summed E-state index contributed by atoms with van der Waals surface area (Å²) in [5.74, 6) is -0.818. The molecule has 1 N–H and O–H groups in total. The molecule has 2 aromatic rings. The lowest BCUT2D eigenvalue weighted by Gasteiger charge is -2.14. The van der Waals surface area contributed by atoms with Gasteiger partial charge in [0.1, 0.15) is 0 Å². The van der Waals surface area contributed by atoms with E-state index in [1.165, 1.54) is 12.6 Å². The summed E-state index contributed by atoms with van der Waals surface area (Å²) >= 11 is 0. The second kappa shape index (κ2) is 6.97. The van der Waals surface area contributed by atoms with Crippen LogP contribution in [-0.2, 0) is 13.2 Å². The zero-order valence-corrected chi connectivity index (χ0v) is 14.7. The van der Waals surface area contributed by atoms with E-state index < -0.39 is 23.3 Å². The van der Waals surface area contributed by atoms with Gasteiger partial charge >= 0.3 is 6.18 Å². The monoisotopic (exact) mass is 363 g/mol. The molecule has 0 spiro atoms. The first-order valence-corrected chi connectivity index (χ1v) is 8.47. The minimum atomic E-state index is -4.69. The fourth-order valence-corrected chi connectivity index (χ4v) is 3.34. The van der Waals surface area contributed by atoms with Gasteiger partial charge in [0.05, 0.1) is 5.56 Å². The van der Waals surface area contributed by atoms with Crippen molar-refractivity contribution in [3.05, 3.63) is 52.9 Å². The molecule has 7 heteroatoms. The Bertz CT molecular complexity index is 857. The third kappa shape index (κ3) is 3.66. The molecule has 138 valence electrons. The van der Waals surface area contributed by atoms with Gasteiger partial charge in [-0.1, -0.05) is 23.8 Å². The van der Waals surface area contributed by atoms with Crippen LogP contribution in [0.25, 0.3) is 5.57 Å². The summed E-state index contributed by atoms with van der Waals surface area (Å²) in [6.07, 6.45) is 0.736. The highest BCUT2D eigenvalue weighted by Crippen LogP contribution is 2.35. The summed E-state index contributed by atoms with van der Waals surface area (Å²) in [5.41, 5.74) is 2.10. The Morgan fingerprint density at radius 3 is 2.46 bits per heavy atom. The number of hydrogen-bond donors (Lipinski definition) is 1. The second-order valence-electron chi connectivity index (χ2n) is 6.50. The average molecular weight is 363 g/mol. The van der Waals surface area contributed by atoms with Crippen LogP contribution in [0.3, 0.4) is 0 Å². The quantitative estimate of drug-likeness (QED) is 0.831. The zero-order chi connectivity index (χ0) is 18.9. The molecule has 0 bridgehead atoms. The van der Waals surface area contributed by atoms with Gasteiger partial charge in [-0.15, -0.1) is 0 Å². The van der Waals surface area contributed by atoms with Gasteiger partial charge in [0.25, 0.3) is 5.91 Å². The highest BCUT2D eigenvalue weighted by Gasteiger charge is 2.39. The first kappa shape index (κ1) is 18.2. The summed E-state index contributed by atoms with van der Waals surface area (Å²) in [6.45, 7) is 2.00. The molecular weight excluding hydrogens is 343 g/mol. The third-order valence-corrected chi connectivity index (χ3v) is 4.66. The maximum atomic E-state index is 13.1. The SMILES string of the molecule is CC(=C1CCCC1)c1ccccc1NC(=O)c1cn(C)nc1C(F)(F)F. The number of para-hydroxylation sites is 1. The number of benzene rings is 1. The normalized spacial score (nSPS) is 14.6. The summed E-state index contributed by atoms with van der Waals surface area (Å²) in [6, 6.07) is 7.19. The highest BCUT2D eigenvalue weighted by atomic mass is 19.4. The van der Waals surface area contributed by atoms with Crippen LogP contribution in [0.15, 0.2) is 36.0 Å². The number of aromatic nitrogens is 2. The number of amides is 1. The van der Waals surface area contributed by atoms with Crippen molar-refractivity contribution in [1.82, 2.24) is 9.78 Å². The molecule has 1 saturated carbocycles. The van der Waals surface area contributed by atoms with Gasteiger partial charge in [-0.2, -0.15) is 18.3 Å². The molecule has 0 saturated heterocycles. The van der Waals surface area contributed by atoms with E-state index in [4.69, 9.17) is 0 Å². The molecule has 4 nitrogen and oxygen atoms in total. The van der Waals surface area contributed by atoms with E-state index in [-0.39, 0.29) is 0 Å². The highest BCUT2D eigenvalue weighted by molar-refractivity contribution is 6.06. The van der Waals surface area contributed by atoms with Crippen LogP contribution in [0, 0.1) is 0 Å². The molecular formula is C19H20F3N3O. The largest absolute Gasteiger partial charge is 0.435 e. The van der Waals surface area contributed by atoms with Gasteiger partial charge in [0, 0.05) is 24.5 Å². The smallest absolute Gasteiger partial charge is 0.321 e. The van der Waals surface area contributed by atoms with E-state index in [9.17, 15) is 18.0 Å². The number of rotatable bonds is 3. The van der Waals surface area contributed by atoms with Crippen LogP contribution in [0.2, 0.25) is 0 Å². The van der Waals surface area contributed by atoms with Crippen molar-refractivity contribution < 1.29 is 18.0 Å². The zero-order valence-electron chi connectivity index (χ0n) is 14.7. The van der Waals surface area contributed by atoms with Crippen molar-refractivity contribution in [2.75, 3.05) is 5.32 Å². The van der Waals surface area contributed by atoms with Crippen molar-refractivity contribution in [3.63, 3.8) is 0 Å². The third-order valence-electron chi connectivity index (χ3n) is 4.66. The molecule has 1 aromatic heterocycles. The van der Waals surface area contributed by atoms with Crippen molar-refractivity contribution in [2.24, 2.45) is 7.05 Å². The van der Waals surface area contributed by atoms with Crippen molar-refractivity contribution in [3.8, 4) is 0 Å².